The zero-order valence-corrected chi connectivity index (χ0v) is 10.5. The number of amides is 1. The molecular weight excluding hydrogens is 208 g/mol. The van der Waals surface area contributed by atoms with Crippen LogP contribution in [0.15, 0.2) is 0 Å². The molecule has 16 heavy (non-hydrogen) atoms. The number of hydrogen-bond donors (Lipinski definition) is 2. The molecule has 5 heteroatoms. The molecule has 0 fully saturated rings. The van der Waals surface area contributed by atoms with E-state index in [-0.39, 0.29) is 24.3 Å². The van der Waals surface area contributed by atoms with Crippen molar-refractivity contribution >= 4 is 11.9 Å². The quantitative estimate of drug-likeness (QED) is 0.617. The second kappa shape index (κ2) is 8.10. The van der Waals surface area contributed by atoms with Crippen LogP contribution in [-0.4, -0.2) is 38.1 Å². The third kappa shape index (κ3) is 7.23. The van der Waals surface area contributed by atoms with Gasteiger partial charge in [-0.05, 0) is 12.8 Å². The molecule has 0 bridgehead atoms. The summed E-state index contributed by atoms with van der Waals surface area (Å²) in [7, 11) is 1.35. The molecule has 1 atom stereocenters. The predicted octanol–water partition coefficient (Wildman–Crippen LogP) is 0.300. The molecular formula is C11H22N2O3. The summed E-state index contributed by atoms with van der Waals surface area (Å²) in [6.45, 7) is 6.96. The van der Waals surface area contributed by atoms with E-state index in [1.165, 1.54) is 7.11 Å². The molecule has 0 radical (unpaired) electrons. The van der Waals surface area contributed by atoms with Crippen LogP contribution in [0, 0.1) is 5.92 Å². The Balaban J connectivity index is 3.67. The lowest BCUT2D eigenvalue weighted by Crippen LogP contribution is -2.43. The molecule has 0 heterocycles. The highest BCUT2D eigenvalue weighted by Crippen LogP contribution is 1.90. The maximum Gasteiger partial charge on any atom is 0.306 e. The highest BCUT2D eigenvalue weighted by molar-refractivity contribution is 5.81. The van der Waals surface area contributed by atoms with Crippen molar-refractivity contribution in [1.82, 2.24) is 10.6 Å². The van der Waals surface area contributed by atoms with Gasteiger partial charge >= 0.3 is 5.97 Å². The lowest BCUT2D eigenvalue weighted by molar-refractivity contribution is -0.140. The minimum absolute atomic E-state index is 0.0430. The van der Waals surface area contributed by atoms with Crippen molar-refractivity contribution in [3.05, 3.63) is 0 Å². The number of carbonyl (C=O) groups excluding carboxylic acids is 2. The molecule has 0 spiro atoms. The first-order valence-corrected chi connectivity index (χ1v) is 5.55. The minimum Gasteiger partial charge on any atom is -0.469 e. The Morgan fingerprint density at radius 2 is 1.88 bits per heavy atom. The van der Waals surface area contributed by atoms with Gasteiger partial charge in [0.15, 0.2) is 0 Å². The molecule has 1 unspecified atom stereocenters. The third-order valence-corrected chi connectivity index (χ3v) is 2.09. The summed E-state index contributed by atoms with van der Waals surface area (Å²) in [6.07, 6.45) is 0.276. The Kier molecular flexibility index (Phi) is 7.54. The number of nitrogens with one attached hydrogen (secondary N) is 2. The summed E-state index contributed by atoms with van der Waals surface area (Å²) >= 11 is 0. The van der Waals surface area contributed by atoms with Crippen LogP contribution >= 0.6 is 0 Å². The van der Waals surface area contributed by atoms with Gasteiger partial charge in [-0.3, -0.25) is 9.59 Å². The smallest absolute Gasteiger partial charge is 0.306 e. The van der Waals surface area contributed by atoms with E-state index >= 15 is 0 Å². The fraction of sp³-hybridized carbons (Fsp3) is 0.818. The van der Waals surface area contributed by atoms with Crippen LogP contribution < -0.4 is 10.6 Å². The topological polar surface area (TPSA) is 67.4 Å². The van der Waals surface area contributed by atoms with E-state index in [2.05, 4.69) is 15.4 Å². The molecule has 0 saturated heterocycles. The summed E-state index contributed by atoms with van der Waals surface area (Å²) in [4.78, 5) is 22.3. The Morgan fingerprint density at radius 3 is 2.38 bits per heavy atom. The van der Waals surface area contributed by atoms with Crippen LogP contribution in [-0.2, 0) is 14.3 Å². The average Bonchev–Trinajstić information content (AvgIpc) is 2.25. The first-order chi connectivity index (χ1) is 7.47. The summed E-state index contributed by atoms with van der Waals surface area (Å²) in [5.41, 5.74) is 0. The van der Waals surface area contributed by atoms with Gasteiger partial charge in [-0.15, -0.1) is 0 Å². The van der Waals surface area contributed by atoms with Gasteiger partial charge in [-0.2, -0.15) is 0 Å². The summed E-state index contributed by atoms with van der Waals surface area (Å²) in [5, 5.41) is 5.77. The number of esters is 1. The number of rotatable bonds is 7. The van der Waals surface area contributed by atoms with E-state index in [1.54, 1.807) is 6.92 Å². The maximum absolute atomic E-state index is 11.5. The van der Waals surface area contributed by atoms with Crippen molar-refractivity contribution in [1.29, 1.82) is 0 Å². The molecule has 0 rings (SSSR count). The molecule has 1 amide bonds. The summed E-state index contributed by atoms with van der Waals surface area (Å²) < 4.78 is 4.49. The van der Waals surface area contributed by atoms with Crippen molar-refractivity contribution in [2.75, 3.05) is 20.2 Å². The van der Waals surface area contributed by atoms with E-state index < -0.39 is 0 Å². The van der Waals surface area contributed by atoms with Crippen LogP contribution in [0.4, 0.5) is 0 Å². The lowest BCUT2D eigenvalue weighted by atomic mass is 10.2. The van der Waals surface area contributed by atoms with Crippen LogP contribution in [0.5, 0.6) is 0 Å². The maximum atomic E-state index is 11.5. The van der Waals surface area contributed by atoms with Gasteiger partial charge in [0, 0.05) is 13.1 Å². The zero-order valence-electron chi connectivity index (χ0n) is 10.5. The van der Waals surface area contributed by atoms with Crippen molar-refractivity contribution in [3.63, 3.8) is 0 Å². The van der Waals surface area contributed by atoms with Crippen LogP contribution in [0.1, 0.15) is 27.2 Å². The summed E-state index contributed by atoms with van der Waals surface area (Å²) in [6, 6.07) is -0.289. The largest absolute Gasteiger partial charge is 0.469 e. The first kappa shape index (κ1) is 14.9. The number of hydrogen-bond acceptors (Lipinski definition) is 4. The van der Waals surface area contributed by atoms with Gasteiger partial charge in [0.05, 0.1) is 19.6 Å². The normalized spacial score (nSPS) is 12.3. The zero-order chi connectivity index (χ0) is 12.6. The van der Waals surface area contributed by atoms with Gasteiger partial charge in [0.1, 0.15) is 0 Å². The van der Waals surface area contributed by atoms with Crippen molar-refractivity contribution in [2.24, 2.45) is 5.92 Å². The fourth-order valence-electron chi connectivity index (χ4n) is 1.04. The van der Waals surface area contributed by atoms with Crippen LogP contribution in [0.2, 0.25) is 0 Å². The van der Waals surface area contributed by atoms with E-state index in [0.29, 0.717) is 19.0 Å². The Labute approximate surface area is 96.9 Å². The van der Waals surface area contributed by atoms with Gasteiger partial charge < -0.3 is 15.4 Å². The predicted molar refractivity (Wildman–Crippen MR) is 61.9 cm³/mol. The fourth-order valence-corrected chi connectivity index (χ4v) is 1.04. The van der Waals surface area contributed by atoms with E-state index in [1.807, 2.05) is 13.8 Å². The van der Waals surface area contributed by atoms with Crippen molar-refractivity contribution < 1.29 is 14.3 Å². The van der Waals surface area contributed by atoms with E-state index in [9.17, 15) is 9.59 Å². The first-order valence-electron chi connectivity index (χ1n) is 5.55. The standard InChI is InChI=1S/C11H22N2O3/c1-8(2)7-13-11(15)9(3)12-6-5-10(14)16-4/h8-9,12H,5-7H2,1-4H3,(H,13,15). The highest BCUT2D eigenvalue weighted by atomic mass is 16.5. The molecule has 0 aliphatic carbocycles. The number of ether oxygens (including phenoxy) is 1. The molecule has 0 aliphatic heterocycles. The van der Waals surface area contributed by atoms with Gasteiger partial charge in [-0.1, -0.05) is 13.8 Å². The SMILES string of the molecule is COC(=O)CCNC(C)C(=O)NCC(C)C. The molecule has 0 aromatic rings. The summed E-state index contributed by atoms with van der Waals surface area (Å²) in [5.74, 6) is 0.118. The molecule has 0 saturated carbocycles. The Morgan fingerprint density at radius 1 is 1.25 bits per heavy atom. The minimum atomic E-state index is -0.289. The third-order valence-electron chi connectivity index (χ3n) is 2.09. The molecule has 94 valence electrons. The number of carbonyl (C=O) groups is 2. The monoisotopic (exact) mass is 230 g/mol. The average molecular weight is 230 g/mol. The van der Waals surface area contributed by atoms with Gasteiger partial charge in [0.25, 0.3) is 0 Å². The van der Waals surface area contributed by atoms with Crippen LogP contribution in [0.25, 0.3) is 0 Å². The molecule has 0 aromatic heterocycles. The lowest BCUT2D eigenvalue weighted by Gasteiger charge is -2.14. The molecule has 5 nitrogen and oxygen atoms in total. The van der Waals surface area contributed by atoms with Crippen molar-refractivity contribution in [3.8, 4) is 0 Å². The highest BCUT2D eigenvalue weighted by Gasteiger charge is 2.12. The van der Waals surface area contributed by atoms with Crippen molar-refractivity contribution in [2.45, 2.75) is 33.2 Å². The van der Waals surface area contributed by atoms with E-state index in [4.69, 9.17) is 0 Å². The molecule has 2 N–H and O–H groups in total. The number of methoxy groups -OCH3 is 1. The second-order valence-electron chi connectivity index (χ2n) is 4.14. The molecule has 0 aliphatic rings. The van der Waals surface area contributed by atoms with Gasteiger partial charge in [0.2, 0.25) is 5.91 Å². The van der Waals surface area contributed by atoms with Gasteiger partial charge in [-0.25, -0.2) is 0 Å². The van der Waals surface area contributed by atoms with Crippen LogP contribution in [0.3, 0.4) is 0 Å². The molecule has 0 aromatic carbocycles. The van der Waals surface area contributed by atoms with E-state index in [0.717, 1.165) is 0 Å². The Hall–Kier alpha value is -1.10. The second-order valence-corrected chi connectivity index (χ2v) is 4.14. The Bertz CT molecular complexity index is 229.